The van der Waals surface area contributed by atoms with E-state index < -0.39 is 0 Å². The number of ether oxygens (including phenoxy) is 3. The number of nitriles is 1. The molecule has 0 aliphatic rings. The minimum atomic E-state index is 0.0522. The third kappa shape index (κ3) is 4.25. The van der Waals surface area contributed by atoms with E-state index in [1.807, 2.05) is 6.07 Å². The molecule has 0 fully saturated rings. The molecule has 2 aromatic heterocycles. The highest BCUT2D eigenvalue weighted by Crippen LogP contribution is 2.40. The predicted octanol–water partition coefficient (Wildman–Crippen LogP) is 3.13. The van der Waals surface area contributed by atoms with Crippen LogP contribution >= 0.6 is 11.6 Å². The number of H-pyrrole nitrogens is 1. The number of halogens is 1. The second kappa shape index (κ2) is 8.35. The molecule has 10 heteroatoms. The molecular weight excluding hydrogens is 372 g/mol. The van der Waals surface area contributed by atoms with E-state index in [0.29, 0.717) is 39.4 Å². The van der Waals surface area contributed by atoms with Crippen LogP contribution in [0.3, 0.4) is 0 Å². The van der Waals surface area contributed by atoms with Crippen LogP contribution in [0.15, 0.2) is 30.6 Å². The summed E-state index contributed by atoms with van der Waals surface area (Å²) in [5, 5.41) is 19.4. The topological polar surface area (TPSA) is 118 Å². The van der Waals surface area contributed by atoms with Gasteiger partial charge in [-0.3, -0.25) is 5.10 Å². The number of aromatic nitrogens is 4. The van der Waals surface area contributed by atoms with Crippen molar-refractivity contribution in [1.82, 2.24) is 20.2 Å². The molecule has 1 aromatic carbocycles. The summed E-state index contributed by atoms with van der Waals surface area (Å²) in [5.41, 5.74) is 1.51. The number of rotatable bonds is 7. The van der Waals surface area contributed by atoms with Crippen LogP contribution in [-0.4, -0.2) is 41.2 Å². The summed E-state index contributed by atoms with van der Waals surface area (Å²) in [7, 11) is 3.06. The van der Waals surface area contributed by atoms with Gasteiger partial charge in [-0.25, -0.2) is 9.97 Å². The molecule has 138 valence electrons. The first-order valence-corrected chi connectivity index (χ1v) is 8.06. The predicted molar refractivity (Wildman–Crippen MR) is 98.1 cm³/mol. The number of hydrogen-bond donors (Lipinski definition) is 2. The highest BCUT2D eigenvalue weighted by molar-refractivity contribution is 6.31. The lowest BCUT2D eigenvalue weighted by molar-refractivity contribution is 0.0514. The zero-order valence-electron chi connectivity index (χ0n) is 14.5. The standard InChI is InChI=1S/C17H15ClN6O3/c1-25-9-27-14-4-10(18)3-13(26-2)17(14)12-5-15(24-23-12)22-16-8-20-11(6-19)7-21-16/h3-5,7-8H,9H2,1-2H3,(H2,21,22,23,24). The Labute approximate surface area is 159 Å². The Morgan fingerprint density at radius 1 is 1.15 bits per heavy atom. The fraction of sp³-hybridized carbons (Fsp3) is 0.176. The van der Waals surface area contributed by atoms with E-state index in [-0.39, 0.29) is 12.5 Å². The van der Waals surface area contributed by atoms with Crippen LogP contribution in [0.4, 0.5) is 11.6 Å². The molecule has 0 atom stereocenters. The molecule has 0 aliphatic heterocycles. The van der Waals surface area contributed by atoms with E-state index in [9.17, 15) is 0 Å². The first kappa shape index (κ1) is 18.4. The highest BCUT2D eigenvalue weighted by atomic mass is 35.5. The lowest BCUT2D eigenvalue weighted by Crippen LogP contribution is -2.01. The number of aromatic amines is 1. The number of nitrogens with one attached hydrogen (secondary N) is 2. The molecule has 2 heterocycles. The van der Waals surface area contributed by atoms with E-state index in [4.69, 9.17) is 31.1 Å². The second-order valence-electron chi connectivity index (χ2n) is 5.22. The van der Waals surface area contributed by atoms with Gasteiger partial charge in [-0.05, 0) is 12.1 Å². The highest BCUT2D eigenvalue weighted by Gasteiger charge is 2.17. The average Bonchev–Trinajstić information content (AvgIpc) is 3.14. The Morgan fingerprint density at radius 3 is 2.63 bits per heavy atom. The van der Waals surface area contributed by atoms with Gasteiger partial charge in [-0.2, -0.15) is 10.4 Å². The van der Waals surface area contributed by atoms with Gasteiger partial charge in [0.2, 0.25) is 0 Å². The van der Waals surface area contributed by atoms with E-state index in [1.54, 1.807) is 18.2 Å². The maximum Gasteiger partial charge on any atom is 0.188 e. The lowest BCUT2D eigenvalue weighted by Gasteiger charge is -2.14. The molecule has 0 unspecified atom stereocenters. The quantitative estimate of drug-likeness (QED) is 0.594. The third-order valence-electron chi connectivity index (χ3n) is 3.45. The molecule has 0 saturated carbocycles. The van der Waals surface area contributed by atoms with Crippen molar-refractivity contribution in [3.8, 4) is 28.8 Å². The van der Waals surface area contributed by atoms with Crippen LogP contribution in [0.25, 0.3) is 11.3 Å². The molecule has 3 aromatic rings. The van der Waals surface area contributed by atoms with Crippen molar-refractivity contribution < 1.29 is 14.2 Å². The van der Waals surface area contributed by atoms with Gasteiger partial charge in [0, 0.05) is 18.2 Å². The molecule has 2 N–H and O–H groups in total. The Balaban J connectivity index is 1.91. The van der Waals surface area contributed by atoms with Crippen LogP contribution in [0.1, 0.15) is 5.69 Å². The third-order valence-corrected chi connectivity index (χ3v) is 3.67. The Hall–Kier alpha value is -3.35. The van der Waals surface area contributed by atoms with Crippen molar-refractivity contribution in [2.45, 2.75) is 0 Å². The summed E-state index contributed by atoms with van der Waals surface area (Å²) in [5.74, 6) is 1.95. The van der Waals surface area contributed by atoms with Crippen LogP contribution < -0.4 is 14.8 Å². The van der Waals surface area contributed by atoms with Crippen LogP contribution in [0.5, 0.6) is 11.5 Å². The monoisotopic (exact) mass is 386 g/mol. The van der Waals surface area contributed by atoms with E-state index in [2.05, 4.69) is 25.5 Å². The summed E-state index contributed by atoms with van der Waals surface area (Å²) >= 11 is 6.13. The van der Waals surface area contributed by atoms with E-state index in [0.717, 1.165) is 0 Å². The second-order valence-corrected chi connectivity index (χ2v) is 5.66. The van der Waals surface area contributed by atoms with Gasteiger partial charge < -0.3 is 19.5 Å². The zero-order chi connectivity index (χ0) is 19.2. The van der Waals surface area contributed by atoms with Gasteiger partial charge >= 0.3 is 0 Å². The van der Waals surface area contributed by atoms with Gasteiger partial charge in [0.05, 0.1) is 30.8 Å². The molecular formula is C17H15ClN6O3. The Morgan fingerprint density at radius 2 is 1.96 bits per heavy atom. The largest absolute Gasteiger partial charge is 0.496 e. The van der Waals surface area contributed by atoms with E-state index >= 15 is 0 Å². The molecule has 3 rings (SSSR count). The summed E-state index contributed by atoms with van der Waals surface area (Å²) < 4.78 is 16.0. The number of benzene rings is 1. The minimum Gasteiger partial charge on any atom is -0.496 e. The lowest BCUT2D eigenvalue weighted by atomic mass is 10.1. The molecule has 0 aliphatic carbocycles. The maximum atomic E-state index is 8.77. The molecule has 0 bridgehead atoms. The average molecular weight is 387 g/mol. The van der Waals surface area contributed by atoms with Gasteiger partial charge in [0.1, 0.15) is 23.4 Å². The SMILES string of the molecule is COCOc1cc(Cl)cc(OC)c1-c1cc(Nc2cnc(C#N)cn2)n[nH]1. The number of hydrogen-bond acceptors (Lipinski definition) is 8. The number of methoxy groups -OCH3 is 2. The minimum absolute atomic E-state index is 0.0522. The van der Waals surface area contributed by atoms with Gasteiger partial charge in [-0.15, -0.1) is 0 Å². The van der Waals surface area contributed by atoms with Crippen molar-refractivity contribution in [3.05, 3.63) is 41.3 Å². The summed E-state index contributed by atoms with van der Waals surface area (Å²) in [6.07, 6.45) is 2.82. The fourth-order valence-corrected chi connectivity index (χ4v) is 2.51. The Bertz CT molecular complexity index is 968. The van der Waals surface area contributed by atoms with E-state index in [1.165, 1.54) is 26.6 Å². The molecule has 0 saturated heterocycles. The molecule has 27 heavy (non-hydrogen) atoms. The fourth-order valence-electron chi connectivity index (χ4n) is 2.32. The number of anilines is 2. The molecule has 0 spiro atoms. The molecule has 0 radical (unpaired) electrons. The summed E-state index contributed by atoms with van der Waals surface area (Å²) in [4.78, 5) is 8.05. The smallest absolute Gasteiger partial charge is 0.188 e. The van der Waals surface area contributed by atoms with Crippen molar-refractivity contribution in [2.24, 2.45) is 0 Å². The van der Waals surface area contributed by atoms with Gasteiger partial charge in [0.15, 0.2) is 18.3 Å². The normalized spacial score (nSPS) is 10.3. The summed E-state index contributed by atoms with van der Waals surface area (Å²) in [6.45, 7) is 0.0522. The van der Waals surface area contributed by atoms with Crippen molar-refractivity contribution in [3.63, 3.8) is 0 Å². The maximum absolute atomic E-state index is 8.77. The first-order chi connectivity index (χ1) is 13.1. The molecule has 0 amide bonds. The zero-order valence-corrected chi connectivity index (χ0v) is 15.2. The van der Waals surface area contributed by atoms with Crippen LogP contribution in [0.2, 0.25) is 5.02 Å². The molecule has 9 nitrogen and oxygen atoms in total. The van der Waals surface area contributed by atoms with Crippen molar-refractivity contribution >= 4 is 23.2 Å². The van der Waals surface area contributed by atoms with Gasteiger partial charge in [0.25, 0.3) is 0 Å². The number of nitrogens with zero attached hydrogens (tertiary/aromatic N) is 4. The van der Waals surface area contributed by atoms with Crippen molar-refractivity contribution in [1.29, 1.82) is 5.26 Å². The Kier molecular flexibility index (Phi) is 5.71. The summed E-state index contributed by atoms with van der Waals surface area (Å²) in [6, 6.07) is 7.01. The first-order valence-electron chi connectivity index (χ1n) is 7.68. The van der Waals surface area contributed by atoms with Crippen LogP contribution in [-0.2, 0) is 4.74 Å². The van der Waals surface area contributed by atoms with Gasteiger partial charge in [-0.1, -0.05) is 11.6 Å². The van der Waals surface area contributed by atoms with Crippen molar-refractivity contribution in [2.75, 3.05) is 26.3 Å². The van der Waals surface area contributed by atoms with Crippen LogP contribution in [0, 0.1) is 11.3 Å².